The Morgan fingerprint density at radius 3 is 2.50 bits per heavy atom. The fourth-order valence-corrected chi connectivity index (χ4v) is 2.15. The zero-order valence-electron chi connectivity index (χ0n) is 11.2. The first-order valence-corrected chi connectivity index (χ1v) is 7.85. The monoisotopic (exact) mass is 298 g/mol. The number of rotatable bonds is 5. The predicted octanol–water partition coefficient (Wildman–Crippen LogP) is 0.490. The fraction of sp³-hybridized carbons (Fsp3) is 0.909. The quantitative estimate of drug-likeness (QED) is 0.774. The number of nitrogens with one attached hydrogen (secondary N) is 2. The summed E-state index contributed by atoms with van der Waals surface area (Å²) >= 11 is 0. The van der Waals surface area contributed by atoms with E-state index in [1.54, 1.807) is 0 Å². The summed E-state index contributed by atoms with van der Waals surface area (Å²) in [7, 11) is -3.38. The van der Waals surface area contributed by atoms with E-state index >= 15 is 0 Å². The molecule has 18 heavy (non-hydrogen) atoms. The maximum Gasteiger partial charge on any atom is 0.240 e. The summed E-state index contributed by atoms with van der Waals surface area (Å²) in [6, 6.07) is 0.455. The second-order valence-corrected chi connectivity index (χ2v) is 7.69. The normalized spacial score (nSPS) is 20.3. The van der Waals surface area contributed by atoms with E-state index in [4.69, 9.17) is 0 Å². The minimum atomic E-state index is -3.38. The average Bonchev–Trinajstić information content (AvgIpc) is 2.68. The third-order valence-electron chi connectivity index (χ3n) is 3.41. The van der Waals surface area contributed by atoms with Crippen LogP contribution in [0, 0.1) is 0 Å². The molecule has 1 fully saturated rings. The molecule has 5 nitrogen and oxygen atoms in total. The van der Waals surface area contributed by atoms with E-state index in [2.05, 4.69) is 10.6 Å². The third kappa shape index (κ3) is 4.40. The van der Waals surface area contributed by atoms with E-state index in [9.17, 15) is 13.2 Å². The van der Waals surface area contributed by atoms with Crippen molar-refractivity contribution < 1.29 is 13.2 Å². The average molecular weight is 299 g/mol. The first-order chi connectivity index (χ1) is 7.75. The van der Waals surface area contributed by atoms with Crippen molar-refractivity contribution in [3.8, 4) is 0 Å². The van der Waals surface area contributed by atoms with Crippen LogP contribution in [0.5, 0.6) is 0 Å². The number of halogens is 1. The molecule has 0 bridgehead atoms. The van der Waals surface area contributed by atoms with Gasteiger partial charge in [0.05, 0.1) is 0 Å². The third-order valence-corrected chi connectivity index (χ3v) is 5.45. The highest BCUT2D eigenvalue weighted by Crippen LogP contribution is 2.15. The van der Waals surface area contributed by atoms with Crippen LogP contribution in [-0.4, -0.2) is 44.5 Å². The molecule has 7 heteroatoms. The Morgan fingerprint density at radius 1 is 1.44 bits per heavy atom. The molecule has 2 N–H and O–H groups in total. The molecule has 1 rings (SSSR count). The molecule has 1 heterocycles. The Labute approximate surface area is 115 Å². The molecular weight excluding hydrogens is 276 g/mol. The van der Waals surface area contributed by atoms with Gasteiger partial charge in [0, 0.05) is 18.8 Å². The van der Waals surface area contributed by atoms with E-state index in [0.29, 0.717) is 12.6 Å². The van der Waals surface area contributed by atoms with Crippen LogP contribution >= 0.6 is 12.4 Å². The summed E-state index contributed by atoms with van der Waals surface area (Å²) in [4.78, 5) is 11.8. The van der Waals surface area contributed by atoms with Crippen LogP contribution in [0.3, 0.4) is 0 Å². The van der Waals surface area contributed by atoms with Crippen LogP contribution in [0.25, 0.3) is 0 Å². The van der Waals surface area contributed by atoms with Crippen molar-refractivity contribution in [2.75, 3.05) is 19.3 Å². The highest BCUT2D eigenvalue weighted by atomic mass is 35.5. The van der Waals surface area contributed by atoms with Gasteiger partial charge in [-0.15, -0.1) is 12.4 Å². The molecular formula is C11H23ClN2O3S. The number of carbonyl (C=O) groups is 1. The van der Waals surface area contributed by atoms with E-state index < -0.39 is 20.5 Å². The molecule has 1 saturated heterocycles. The second kappa shape index (κ2) is 6.73. The van der Waals surface area contributed by atoms with E-state index in [0.717, 1.165) is 25.6 Å². The molecule has 0 aromatic heterocycles. The van der Waals surface area contributed by atoms with Crippen molar-refractivity contribution in [1.82, 2.24) is 10.6 Å². The first kappa shape index (κ1) is 17.7. The SMILES string of the molecule is CC(C)(C(=O)NCC[C@H]1CCCN1)S(C)(=O)=O.Cl. The number of carbonyl (C=O) groups excluding carboxylic acids is 1. The van der Waals surface area contributed by atoms with E-state index in [-0.39, 0.29) is 12.4 Å². The van der Waals surface area contributed by atoms with Gasteiger partial charge in [0.2, 0.25) is 5.91 Å². The second-order valence-electron chi connectivity index (χ2n) is 5.12. The van der Waals surface area contributed by atoms with Gasteiger partial charge in [-0.25, -0.2) is 8.42 Å². The first-order valence-electron chi connectivity index (χ1n) is 5.96. The van der Waals surface area contributed by atoms with Gasteiger partial charge < -0.3 is 10.6 Å². The van der Waals surface area contributed by atoms with Crippen LogP contribution in [0.15, 0.2) is 0 Å². The van der Waals surface area contributed by atoms with Crippen molar-refractivity contribution in [3.63, 3.8) is 0 Å². The topological polar surface area (TPSA) is 75.3 Å². The molecule has 0 radical (unpaired) electrons. The highest BCUT2D eigenvalue weighted by Gasteiger charge is 2.38. The fourth-order valence-electron chi connectivity index (χ4n) is 1.74. The number of hydrogen-bond donors (Lipinski definition) is 2. The Balaban J connectivity index is 0.00000289. The zero-order valence-corrected chi connectivity index (χ0v) is 12.8. The van der Waals surface area contributed by atoms with Gasteiger partial charge in [-0.05, 0) is 39.7 Å². The molecule has 1 amide bonds. The molecule has 108 valence electrons. The van der Waals surface area contributed by atoms with Crippen LogP contribution < -0.4 is 10.6 Å². The lowest BCUT2D eigenvalue weighted by molar-refractivity contribution is -0.122. The largest absolute Gasteiger partial charge is 0.355 e. The molecule has 1 aliphatic rings. The van der Waals surface area contributed by atoms with Crippen molar-refractivity contribution in [2.24, 2.45) is 0 Å². The number of amides is 1. The van der Waals surface area contributed by atoms with Gasteiger partial charge in [0.25, 0.3) is 0 Å². The molecule has 1 aliphatic heterocycles. The molecule has 0 aromatic carbocycles. The van der Waals surface area contributed by atoms with Gasteiger partial charge in [-0.1, -0.05) is 0 Å². The maximum absolute atomic E-state index is 11.8. The van der Waals surface area contributed by atoms with Crippen molar-refractivity contribution in [1.29, 1.82) is 0 Å². The molecule has 1 atom stereocenters. The summed E-state index contributed by atoms with van der Waals surface area (Å²) in [6.07, 6.45) is 4.25. The Bertz CT molecular complexity index is 376. The van der Waals surface area contributed by atoms with Crippen molar-refractivity contribution >= 4 is 28.2 Å². The van der Waals surface area contributed by atoms with Crippen LogP contribution in [0.2, 0.25) is 0 Å². The van der Waals surface area contributed by atoms with E-state index in [1.165, 1.54) is 20.3 Å². The standard InChI is InChI=1S/C11H22N2O3S.ClH/c1-11(2,17(3,15)16)10(14)13-8-6-9-5-4-7-12-9;/h9,12H,4-8H2,1-3H3,(H,13,14);1H/t9-;/m1./s1. The van der Waals surface area contributed by atoms with Gasteiger partial charge in [0.15, 0.2) is 9.84 Å². The molecule has 0 unspecified atom stereocenters. The Kier molecular flexibility index (Phi) is 6.60. The van der Waals surface area contributed by atoms with Crippen LogP contribution in [-0.2, 0) is 14.6 Å². The summed E-state index contributed by atoms with van der Waals surface area (Å²) in [5, 5.41) is 6.03. The van der Waals surface area contributed by atoms with Crippen molar-refractivity contribution in [2.45, 2.75) is 43.9 Å². The van der Waals surface area contributed by atoms with Gasteiger partial charge in [0.1, 0.15) is 4.75 Å². The minimum absolute atomic E-state index is 0. The maximum atomic E-state index is 11.8. The van der Waals surface area contributed by atoms with Gasteiger partial charge in [-0.3, -0.25) is 4.79 Å². The molecule has 0 spiro atoms. The molecule has 0 saturated carbocycles. The summed E-state index contributed by atoms with van der Waals surface area (Å²) in [5.74, 6) is -0.419. The minimum Gasteiger partial charge on any atom is -0.355 e. The number of hydrogen-bond acceptors (Lipinski definition) is 4. The smallest absolute Gasteiger partial charge is 0.240 e. The Morgan fingerprint density at radius 2 is 2.06 bits per heavy atom. The Hall–Kier alpha value is -0.330. The van der Waals surface area contributed by atoms with Crippen LogP contribution in [0.1, 0.15) is 33.1 Å². The lowest BCUT2D eigenvalue weighted by Crippen LogP contribution is -2.48. The van der Waals surface area contributed by atoms with Gasteiger partial charge in [-0.2, -0.15) is 0 Å². The van der Waals surface area contributed by atoms with Gasteiger partial charge >= 0.3 is 0 Å². The summed E-state index contributed by atoms with van der Waals surface area (Å²) in [5.41, 5.74) is 0. The predicted molar refractivity (Wildman–Crippen MR) is 74.8 cm³/mol. The number of sulfone groups is 1. The van der Waals surface area contributed by atoms with Crippen molar-refractivity contribution in [3.05, 3.63) is 0 Å². The van der Waals surface area contributed by atoms with Crippen LogP contribution in [0.4, 0.5) is 0 Å². The lowest BCUT2D eigenvalue weighted by Gasteiger charge is -2.22. The highest BCUT2D eigenvalue weighted by molar-refractivity contribution is 7.92. The molecule has 0 aromatic rings. The molecule has 0 aliphatic carbocycles. The summed E-state index contributed by atoms with van der Waals surface area (Å²) in [6.45, 7) is 4.43. The van der Waals surface area contributed by atoms with E-state index in [1.807, 2.05) is 0 Å². The zero-order chi connectivity index (χ0) is 13.1. The summed E-state index contributed by atoms with van der Waals surface area (Å²) < 4.78 is 21.5. The lowest BCUT2D eigenvalue weighted by atomic mass is 10.1.